The molecular weight excluding hydrogens is 382 g/mol. The van der Waals surface area contributed by atoms with Crippen LogP contribution in [0.25, 0.3) is 0 Å². The second kappa shape index (κ2) is 13.8. The Morgan fingerprint density at radius 2 is 1.62 bits per heavy atom. The molecule has 0 fully saturated rings. The number of allylic oxidation sites excluding steroid dienone is 2. The summed E-state index contributed by atoms with van der Waals surface area (Å²) in [5.74, 6) is 0.562. The van der Waals surface area contributed by atoms with E-state index in [1.54, 1.807) is 13.2 Å². The summed E-state index contributed by atoms with van der Waals surface area (Å²) in [5.41, 5.74) is 2.55. The Balaban J connectivity index is 0. The number of fused-ring (bicyclic) bond motifs is 3. The molecule has 0 radical (unpaired) electrons. The van der Waals surface area contributed by atoms with E-state index < -0.39 is 0 Å². The van der Waals surface area contributed by atoms with E-state index in [4.69, 9.17) is 23.4 Å². The molecule has 0 saturated carbocycles. The van der Waals surface area contributed by atoms with Crippen molar-refractivity contribution < 1.29 is 45.3 Å². The molecule has 1 aromatic rings. The molecule has 0 amide bonds. The molecule has 0 unspecified atom stereocenters. The van der Waals surface area contributed by atoms with Gasteiger partial charge in [-0.05, 0) is 17.7 Å². The summed E-state index contributed by atoms with van der Waals surface area (Å²) in [5, 5.41) is 3.42. The smallest absolute Gasteiger partial charge is 0 e. The number of hydrogen-bond donors (Lipinski definition) is 1. The van der Waals surface area contributed by atoms with Gasteiger partial charge in [0.1, 0.15) is 5.75 Å². The number of hydrogen-bond acceptors (Lipinski definition) is 4. The van der Waals surface area contributed by atoms with E-state index >= 15 is 0 Å². The quantitative estimate of drug-likeness (QED) is 0.358. The fraction of sp³-hybridized carbons (Fsp3) is 0.222. The van der Waals surface area contributed by atoms with E-state index in [-0.39, 0.29) is 35.0 Å². The third kappa shape index (κ3) is 5.51. The van der Waals surface area contributed by atoms with Crippen molar-refractivity contribution >= 4 is 11.7 Å². The van der Waals surface area contributed by atoms with Crippen molar-refractivity contribution in [1.29, 1.82) is 0 Å². The molecule has 1 N–H and O–H groups in total. The maximum Gasteiger partial charge on any atom is 0 e. The van der Waals surface area contributed by atoms with E-state index in [1.807, 2.05) is 18.2 Å². The molecule has 7 nitrogen and oxygen atoms in total. The molecule has 2 atom stereocenters. The Morgan fingerprint density at radius 3 is 2.15 bits per heavy atom. The summed E-state index contributed by atoms with van der Waals surface area (Å²) in [6.45, 7) is 13.5. The minimum Gasteiger partial charge on any atom is 0 e. The van der Waals surface area contributed by atoms with Gasteiger partial charge in [-0.1, -0.05) is 24.3 Å². The summed E-state index contributed by atoms with van der Waals surface area (Å²) >= 11 is 0. The minimum absolute atomic E-state index is 0. The largest absolute Gasteiger partial charge is 0 e. The van der Waals surface area contributed by atoms with Crippen LogP contribution in [0.1, 0.15) is 21.8 Å². The van der Waals surface area contributed by atoms with Crippen LogP contribution in [0.3, 0.4) is 0 Å². The number of ether oxygens (including phenoxy) is 2. The van der Waals surface area contributed by atoms with Gasteiger partial charge in [0.2, 0.25) is 0 Å². The summed E-state index contributed by atoms with van der Waals surface area (Å²) in [7, 11) is 2.98. The average molecular weight is 397 g/mol. The van der Waals surface area contributed by atoms with Crippen molar-refractivity contribution in [3.05, 3.63) is 67.5 Å². The molecule has 0 bridgehead atoms. The van der Waals surface area contributed by atoms with Crippen molar-refractivity contribution in [2.24, 2.45) is 0 Å². The molecule has 8 heteroatoms. The van der Waals surface area contributed by atoms with Gasteiger partial charge in [0.15, 0.2) is 0 Å². The van der Waals surface area contributed by atoms with E-state index in [0.717, 1.165) is 11.3 Å². The van der Waals surface area contributed by atoms with Gasteiger partial charge in [-0.25, -0.2) is 4.79 Å². The molecule has 1 aromatic carbocycles. The number of rotatable bonds is 2. The first-order valence-electron chi connectivity index (χ1n) is 6.77. The van der Waals surface area contributed by atoms with Gasteiger partial charge in [0.25, 0.3) is 0 Å². The van der Waals surface area contributed by atoms with Gasteiger partial charge in [-0.15, -0.1) is 0 Å². The first-order chi connectivity index (χ1) is 12.2. The number of methoxy groups -OCH3 is 2. The van der Waals surface area contributed by atoms with Crippen LogP contribution >= 0.6 is 0 Å². The predicted molar refractivity (Wildman–Crippen MR) is 84.6 cm³/mol. The zero-order chi connectivity index (χ0) is 19.4. The maximum atomic E-state index is 11.7. The summed E-state index contributed by atoms with van der Waals surface area (Å²) in [6.07, 6.45) is 8.29. The molecule has 1 aliphatic carbocycles. The second-order valence-corrected chi connectivity index (χ2v) is 4.60. The third-order valence-electron chi connectivity index (χ3n) is 3.58. The Bertz CT molecular complexity index is 706. The Hall–Kier alpha value is -2.49. The number of nitrogens with one attached hydrogen (secondary N) is 1. The van der Waals surface area contributed by atoms with Crippen LogP contribution in [-0.4, -0.2) is 26.2 Å². The molecule has 0 saturated heterocycles. The summed E-state index contributed by atoms with van der Waals surface area (Å²) < 4.78 is 32.7. The normalized spacial score (nSPS) is 16.6. The van der Waals surface area contributed by atoms with Crippen molar-refractivity contribution in [1.82, 2.24) is 0 Å². The van der Waals surface area contributed by atoms with E-state index in [0.29, 0.717) is 11.3 Å². The van der Waals surface area contributed by atoms with Crippen LogP contribution in [0, 0.1) is 20.0 Å². The minimum atomic E-state index is -0.347. The van der Waals surface area contributed by atoms with Crippen LogP contribution in [0.5, 0.6) is 5.75 Å². The Morgan fingerprint density at radius 1 is 1.04 bits per heavy atom. The molecule has 1 aliphatic heterocycles. The average Bonchev–Trinajstić information content (AvgIpc) is 3.10. The standard InChI is InChI=1S/C15H15NO3.3CO.Fe/c1-18-13-8-9(15(17)19-2)7-11-10-5-3-4-6-12(10)16-14(11)13;3*1-2;/h3-8,10,12,16H,1-2H3;;;;/t10-,12-;;;;/m1..../s1. The molecule has 2 aliphatic rings. The van der Waals surface area contributed by atoms with E-state index in [2.05, 4.69) is 37.4 Å². The third-order valence-corrected chi connectivity index (χ3v) is 3.58. The Labute approximate surface area is 162 Å². The topological polar surface area (TPSA) is 107 Å². The molecule has 1 heterocycles. The van der Waals surface area contributed by atoms with Crippen LogP contribution in [0.2, 0.25) is 0 Å². The van der Waals surface area contributed by atoms with Gasteiger partial charge in [0.05, 0.1) is 31.5 Å². The summed E-state index contributed by atoms with van der Waals surface area (Å²) in [6, 6.07) is 3.81. The predicted octanol–water partition coefficient (Wildman–Crippen LogP) is 2.37. The van der Waals surface area contributed by atoms with E-state index in [9.17, 15) is 4.79 Å². The van der Waals surface area contributed by atoms with Crippen molar-refractivity contribution in [2.75, 3.05) is 19.5 Å². The first kappa shape index (κ1) is 25.7. The van der Waals surface area contributed by atoms with Gasteiger partial charge in [-0.3, -0.25) is 0 Å². The van der Waals surface area contributed by atoms with Crippen LogP contribution < -0.4 is 10.1 Å². The van der Waals surface area contributed by atoms with Gasteiger partial charge < -0.3 is 14.8 Å². The van der Waals surface area contributed by atoms with Gasteiger partial charge in [0, 0.05) is 23.0 Å². The molecule has 26 heavy (non-hydrogen) atoms. The number of carbonyl (C=O) groups excluding carboxylic acids is 1. The number of carbonyl (C=O) groups is 1. The second-order valence-electron chi connectivity index (χ2n) is 4.60. The molecule has 136 valence electrons. The number of benzene rings is 1. The van der Waals surface area contributed by atoms with Gasteiger partial charge in [-0.2, -0.15) is 0 Å². The van der Waals surface area contributed by atoms with Crippen molar-refractivity contribution in [3.63, 3.8) is 0 Å². The Kier molecular flexibility index (Phi) is 13.6. The van der Waals surface area contributed by atoms with E-state index in [1.165, 1.54) is 7.11 Å². The zero-order valence-corrected chi connectivity index (χ0v) is 15.0. The zero-order valence-electron chi connectivity index (χ0n) is 13.9. The van der Waals surface area contributed by atoms with Crippen LogP contribution in [0.4, 0.5) is 5.69 Å². The van der Waals surface area contributed by atoms with Crippen molar-refractivity contribution in [2.45, 2.75) is 12.0 Å². The molecular formula is C18H15FeNO6. The van der Waals surface area contributed by atoms with Gasteiger partial charge >= 0.3 is 39.9 Å². The van der Waals surface area contributed by atoms with Crippen molar-refractivity contribution in [3.8, 4) is 5.75 Å². The summed E-state index contributed by atoms with van der Waals surface area (Å²) in [4.78, 5) is 11.7. The first-order valence-corrected chi connectivity index (χ1v) is 6.77. The molecule has 0 aromatic heterocycles. The van der Waals surface area contributed by atoms with Crippen LogP contribution in [-0.2, 0) is 35.8 Å². The SMILES string of the molecule is COC(=O)c1cc(OC)c2c(c1)[C@H]1C=CC=C[C@H]1N2.[C-]#[O+].[C-]#[O+].[C-]#[O+].[Fe]. The monoisotopic (exact) mass is 397 g/mol. The number of esters is 1. The fourth-order valence-corrected chi connectivity index (χ4v) is 2.66. The maximum absolute atomic E-state index is 11.7. The number of anilines is 1. The molecule has 0 spiro atoms. The van der Waals surface area contributed by atoms with Crippen LogP contribution in [0.15, 0.2) is 36.4 Å². The fourth-order valence-electron chi connectivity index (χ4n) is 2.66. The molecule has 3 rings (SSSR count).